The molecule has 0 amide bonds. The van der Waals surface area contributed by atoms with Gasteiger partial charge in [0.15, 0.2) is 0 Å². The first-order chi connectivity index (χ1) is 4.79. The van der Waals surface area contributed by atoms with Crippen LogP contribution in [0, 0.1) is 0 Å². The molecule has 0 saturated heterocycles. The molecule has 0 nitrogen and oxygen atoms in total. The molecule has 0 aliphatic rings. The third kappa shape index (κ3) is 1.97. The first-order valence-electron chi connectivity index (χ1n) is 2.87. The van der Waals surface area contributed by atoms with E-state index in [1.807, 2.05) is 0 Å². The van der Waals surface area contributed by atoms with Crippen LogP contribution in [-0.4, -0.2) is 0 Å². The molecule has 2 heteroatoms. The van der Waals surface area contributed by atoms with Crippen LogP contribution in [0.4, 0.5) is 8.78 Å². The van der Waals surface area contributed by atoms with Crippen molar-refractivity contribution in [2.75, 3.05) is 0 Å². The van der Waals surface area contributed by atoms with Gasteiger partial charge < -0.3 is 0 Å². The van der Waals surface area contributed by atoms with E-state index in [4.69, 9.17) is 0 Å². The predicted molar refractivity (Wildman–Crippen MR) is 36.6 cm³/mol. The molecule has 0 aliphatic carbocycles. The fourth-order valence-electron chi connectivity index (χ4n) is 0.675. The Morgan fingerprint density at radius 2 is 1.70 bits per heavy atom. The van der Waals surface area contributed by atoms with E-state index in [2.05, 4.69) is 0 Å². The fraction of sp³-hybridized carbons (Fsp3) is 0. The van der Waals surface area contributed by atoms with Gasteiger partial charge in [-0.2, -0.15) is 8.78 Å². The second kappa shape index (κ2) is 3.11. The van der Waals surface area contributed by atoms with Crippen molar-refractivity contribution in [1.82, 2.24) is 0 Å². The van der Waals surface area contributed by atoms with Crippen molar-refractivity contribution >= 4 is 6.08 Å². The van der Waals surface area contributed by atoms with Gasteiger partial charge in [-0.1, -0.05) is 30.3 Å². The normalized spacial score (nSPS) is 9.00. The van der Waals surface area contributed by atoms with Crippen LogP contribution in [0.3, 0.4) is 0 Å². The Hall–Kier alpha value is -1.18. The lowest BCUT2D eigenvalue weighted by molar-refractivity contribution is 0.429. The Balaban J connectivity index is 2.87. The molecular weight excluding hydrogens is 134 g/mol. The second-order valence-corrected chi connectivity index (χ2v) is 1.84. The minimum Gasteiger partial charge on any atom is -0.173 e. The molecule has 0 heterocycles. The monoisotopic (exact) mass is 140 g/mol. The van der Waals surface area contributed by atoms with Gasteiger partial charge in [0, 0.05) is 6.08 Å². The van der Waals surface area contributed by atoms with Gasteiger partial charge in [0.05, 0.1) is 0 Å². The van der Waals surface area contributed by atoms with Gasteiger partial charge in [0.2, 0.25) is 0 Å². The predicted octanol–water partition coefficient (Wildman–Crippen LogP) is 2.92. The summed E-state index contributed by atoms with van der Waals surface area (Å²) in [4.78, 5) is 0. The average Bonchev–Trinajstić information content (AvgIpc) is 1.88. The quantitative estimate of drug-likeness (QED) is 0.562. The number of hydrogen-bond donors (Lipinski definition) is 0. The lowest BCUT2D eigenvalue weighted by Gasteiger charge is -1.87. The highest BCUT2D eigenvalue weighted by Gasteiger charge is 1.88. The van der Waals surface area contributed by atoms with Crippen molar-refractivity contribution < 1.29 is 8.78 Å². The lowest BCUT2D eigenvalue weighted by Crippen LogP contribution is -1.67. The molecule has 52 valence electrons. The van der Waals surface area contributed by atoms with E-state index in [1.165, 1.54) is 0 Å². The van der Waals surface area contributed by atoms with E-state index in [0.29, 0.717) is 5.56 Å². The number of hydrogen-bond acceptors (Lipinski definition) is 0. The zero-order valence-corrected chi connectivity index (χ0v) is 5.22. The first-order valence-corrected chi connectivity index (χ1v) is 2.87. The third-order valence-electron chi connectivity index (χ3n) is 1.08. The zero-order chi connectivity index (χ0) is 7.40. The minimum absolute atomic E-state index is 0.530. The largest absolute Gasteiger partial charge is 0.270 e. The van der Waals surface area contributed by atoms with Crippen molar-refractivity contribution in [3.63, 3.8) is 0 Å². The third-order valence-corrected chi connectivity index (χ3v) is 1.08. The summed E-state index contributed by atoms with van der Waals surface area (Å²) in [6.45, 7) is 0. The highest BCUT2D eigenvalue weighted by atomic mass is 19.3. The Labute approximate surface area is 57.8 Å². The van der Waals surface area contributed by atoms with Crippen LogP contribution in [0.2, 0.25) is 0 Å². The minimum atomic E-state index is -1.66. The van der Waals surface area contributed by atoms with Gasteiger partial charge in [-0.3, -0.25) is 0 Å². The van der Waals surface area contributed by atoms with Crippen LogP contribution < -0.4 is 0 Å². The standard InChI is InChI=1S/C8H6F2/c9-8(10)6-7-4-2-1-3-5-7/h1-6H. The Bertz CT molecular complexity index is 222. The average molecular weight is 140 g/mol. The SMILES string of the molecule is FC(F)=Cc1ccccc1. The van der Waals surface area contributed by atoms with Crippen molar-refractivity contribution in [2.45, 2.75) is 0 Å². The summed E-state index contributed by atoms with van der Waals surface area (Å²) >= 11 is 0. The van der Waals surface area contributed by atoms with Gasteiger partial charge in [-0.05, 0) is 5.56 Å². The lowest BCUT2D eigenvalue weighted by atomic mass is 10.2. The summed E-state index contributed by atoms with van der Waals surface area (Å²) in [6.07, 6.45) is -0.828. The van der Waals surface area contributed by atoms with E-state index in [9.17, 15) is 8.78 Å². The molecule has 1 rings (SSSR count). The molecule has 0 radical (unpaired) electrons. The summed E-state index contributed by atoms with van der Waals surface area (Å²) in [5.41, 5.74) is 0.530. The Kier molecular flexibility index (Phi) is 2.15. The van der Waals surface area contributed by atoms with Gasteiger partial charge >= 0.3 is 0 Å². The molecule has 0 N–H and O–H groups in total. The van der Waals surface area contributed by atoms with E-state index >= 15 is 0 Å². The molecule has 0 bridgehead atoms. The number of rotatable bonds is 1. The highest BCUT2D eigenvalue weighted by Crippen LogP contribution is 2.07. The summed E-state index contributed by atoms with van der Waals surface area (Å²) in [7, 11) is 0. The molecule has 1 aromatic rings. The van der Waals surface area contributed by atoms with Crippen molar-refractivity contribution in [1.29, 1.82) is 0 Å². The summed E-state index contributed by atoms with van der Waals surface area (Å²) in [5, 5.41) is 0. The molecule has 0 aliphatic heterocycles. The van der Waals surface area contributed by atoms with Crippen LogP contribution in [0.1, 0.15) is 5.56 Å². The van der Waals surface area contributed by atoms with Crippen LogP contribution in [0.5, 0.6) is 0 Å². The maximum Gasteiger partial charge on any atom is 0.270 e. The fourth-order valence-corrected chi connectivity index (χ4v) is 0.675. The maximum absolute atomic E-state index is 11.6. The second-order valence-electron chi connectivity index (χ2n) is 1.84. The van der Waals surface area contributed by atoms with E-state index in [-0.39, 0.29) is 0 Å². The van der Waals surface area contributed by atoms with Crippen LogP contribution in [0.15, 0.2) is 36.4 Å². The van der Waals surface area contributed by atoms with Crippen molar-refractivity contribution in [3.8, 4) is 0 Å². The number of halogens is 2. The van der Waals surface area contributed by atoms with E-state index in [0.717, 1.165) is 6.08 Å². The van der Waals surface area contributed by atoms with Crippen LogP contribution in [-0.2, 0) is 0 Å². The van der Waals surface area contributed by atoms with E-state index in [1.54, 1.807) is 30.3 Å². The Morgan fingerprint density at radius 1 is 1.10 bits per heavy atom. The smallest absolute Gasteiger partial charge is 0.173 e. The molecule has 0 atom stereocenters. The molecule has 1 aromatic carbocycles. The molecule has 0 aromatic heterocycles. The molecule has 0 unspecified atom stereocenters. The van der Waals surface area contributed by atoms with Crippen molar-refractivity contribution in [3.05, 3.63) is 42.0 Å². The van der Waals surface area contributed by atoms with Crippen LogP contribution in [0.25, 0.3) is 6.08 Å². The van der Waals surface area contributed by atoms with Crippen LogP contribution >= 0.6 is 0 Å². The van der Waals surface area contributed by atoms with Gasteiger partial charge in [0.25, 0.3) is 6.08 Å². The summed E-state index contributed by atoms with van der Waals surface area (Å²) < 4.78 is 23.2. The molecular formula is C8H6F2. The zero-order valence-electron chi connectivity index (χ0n) is 5.22. The molecule has 10 heavy (non-hydrogen) atoms. The molecule has 0 saturated carbocycles. The van der Waals surface area contributed by atoms with E-state index < -0.39 is 6.08 Å². The molecule has 0 spiro atoms. The van der Waals surface area contributed by atoms with Gasteiger partial charge in [-0.25, -0.2) is 0 Å². The Morgan fingerprint density at radius 3 is 2.20 bits per heavy atom. The summed E-state index contributed by atoms with van der Waals surface area (Å²) in [5.74, 6) is 0. The number of benzene rings is 1. The maximum atomic E-state index is 11.6. The molecule has 0 fully saturated rings. The first kappa shape index (κ1) is 6.93. The van der Waals surface area contributed by atoms with Gasteiger partial charge in [0.1, 0.15) is 0 Å². The van der Waals surface area contributed by atoms with Crippen molar-refractivity contribution in [2.24, 2.45) is 0 Å². The highest BCUT2D eigenvalue weighted by molar-refractivity contribution is 5.48. The topological polar surface area (TPSA) is 0 Å². The van der Waals surface area contributed by atoms with Gasteiger partial charge in [-0.15, -0.1) is 0 Å². The summed E-state index contributed by atoms with van der Waals surface area (Å²) in [6, 6.07) is 8.47.